The molecule has 10 rings (SSSR count). The molecule has 7 aromatic heterocycles. The summed E-state index contributed by atoms with van der Waals surface area (Å²) in [6.45, 7) is 0. The third-order valence-electron chi connectivity index (χ3n) is 8.85. The van der Waals surface area contributed by atoms with Crippen molar-refractivity contribution in [2.24, 2.45) is 0 Å². The minimum atomic E-state index is 0.958. The third kappa shape index (κ3) is 3.34. The van der Waals surface area contributed by atoms with Crippen molar-refractivity contribution in [3.63, 3.8) is 0 Å². The molecule has 0 unspecified atom stereocenters. The number of pyridine rings is 4. The summed E-state index contributed by atoms with van der Waals surface area (Å²) in [4.78, 5) is 18.8. The lowest BCUT2D eigenvalue weighted by molar-refractivity contribution is 1.13. The van der Waals surface area contributed by atoms with E-state index >= 15 is 0 Å². The lowest BCUT2D eigenvalue weighted by atomic mass is 10.2. The highest BCUT2D eigenvalue weighted by Crippen LogP contribution is 2.37. The summed E-state index contributed by atoms with van der Waals surface area (Å²) in [7, 11) is 0. The van der Waals surface area contributed by atoms with Crippen LogP contribution in [0.15, 0.2) is 140 Å². The number of hydrogen-bond acceptors (Lipinski definition) is 4. The van der Waals surface area contributed by atoms with Gasteiger partial charge >= 0.3 is 0 Å². The van der Waals surface area contributed by atoms with Crippen LogP contribution >= 0.6 is 0 Å². The maximum atomic E-state index is 4.89. The quantitative estimate of drug-likeness (QED) is 0.211. The first kappa shape index (κ1) is 24.1. The van der Waals surface area contributed by atoms with E-state index in [2.05, 4.69) is 104 Å². The van der Waals surface area contributed by atoms with Crippen molar-refractivity contribution in [1.29, 1.82) is 0 Å². The molecule has 0 amide bonds. The van der Waals surface area contributed by atoms with Gasteiger partial charge in [0.15, 0.2) is 0 Å². The molecule has 10 aromatic rings. The van der Waals surface area contributed by atoms with Gasteiger partial charge in [0, 0.05) is 52.3 Å². The summed E-state index contributed by atoms with van der Waals surface area (Å²) < 4.78 is 6.84. The molecule has 0 bridgehead atoms. The average molecular weight is 578 g/mol. The first-order chi connectivity index (χ1) is 22.3. The average Bonchev–Trinajstić information content (AvgIpc) is 3.74. The highest BCUT2D eigenvalue weighted by atomic mass is 15.0. The predicted octanol–water partition coefficient (Wildman–Crippen LogP) is 8.56. The number of aromatic nitrogens is 7. The van der Waals surface area contributed by atoms with Crippen molar-refractivity contribution in [3.05, 3.63) is 140 Å². The fraction of sp³-hybridized carbons (Fsp3) is 0. The van der Waals surface area contributed by atoms with Gasteiger partial charge in [-0.1, -0.05) is 18.2 Å². The van der Waals surface area contributed by atoms with E-state index in [0.29, 0.717) is 0 Å². The van der Waals surface area contributed by atoms with Crippen LogP contribution in [0.3, 0.4) is 0 Å². The van der Waals surface area contributed by atoms with Crippen LogP contribution in [0.25, 0.3) is 82.9 Å². The molecule has 3 aromatic carbocycles. The molecule has 0 aliphatic heterocycles. The van der Waals surface area contributed by atoms with Gasteiger partial charge in [0.1, 0.15) is 0 Å². The largest absolute Gasteiger partial charge is 0.308 e. The second-order valence-corrected chi connectivity index (χ2v) is 11.3. The molecule has 7 heterocycles. The molecule has 0 spiro atoms. The van der Waals surface area contributed by atoms with Crippen LogP contribution < -0.4 is 0 Å². The third-order valence-corrected chi connectivity index (χ3v) is 8.85. The maximum Gasteiger partial charge on any atom is 0.0964 e. The number of fused-ring (bicyclic) bond motifs is 9. The molecular weight excluding hydrogens is 554 g/mol. The Kier molecular flexibility index (Phi) is 4.87. The number of benzene rings is 3. The number of rotatable bonds is 3. The van der Waals surface area contributed by atoms with Crippen molar-refractivity contribution >= 4 is 65.8 Å². The van der Waals surface area contributed by atoms with Gasteiger partial charge in [-0.3, -0.25) is 19.9 Å². The highest BCUT2D eigenvalue weighted by molar-refractivity contribution is 6.11. The SMILES string of the molecule is c1cncc(-n2c3ccc(-n4c5ccc(-n6c7ccccc7c7ncccc76)cc5c5ncccc54)cc3c3ncccc32)c1. The van der Waals surface area contributed by atoms with E-state index in [1.165, 1.54) is 0 Å². The molecular formula is C38H23N7. The van der Waals surface area contributed by atoms with E-state index in [-0.39, 0.29) is 0 Å². The molecule has 0 saturated heterocycles. The van der Waals surface area contributed by atoms with Crippen molar-refractivity contribution in [1.82, 2.24) is 33.6 Å². The van der Waals surface area contributed by atoms with Crippen molar-refractivity contribution in [2.75, 3.05) is 0 Å². The van der Waals surface area contributed by atoms with Crippen molar-refractivity contribution in [2.45, 2.75) is 0 Å². The van der Waals surface area contributed by atoms with E-state index in [9.17, 15) is 0 Å². The maximum absolute atomic E-state index is 4.89. The van der Waals surface area contributed by atoms with E-state index in [1.807, 2.05) is 49.1 Å². The van der Waals surface area contributed by atoms with Crippen LogP contribution in [-0.2, 0) is 0 Å². The molecule has 0 fully saturated rings. The van der Waals surface area contributed by atoms with Gasteiger partial charge in [-0.05, 0) is 91.0 Å². The van der Waals surface area contributed by atoms with Gasteiger partial charge < -0.3 is 13.7 Å². The Morgan fingerprint density at radius 2 is 0.822 bits per heavy atom. The zero-order valence-corrected chi connectivity index (χ0v) is 23.9. The van der Waals surface area contributed by atoms with Crippen LogP contribution in [0, 0.1) is 0 Å². The number of nitrogens with zero attached hydrogens (tertiary/aromatic N) is 7. The van der Waals surface area contributed by atoms with E-state index in [4.69, 9.17) is 15.0 Å². The summed E-state index contributed by atoms with van der Waals surface area (Å²) in [6.07, 6.45) is 9.28. The zero-order valence-electron chi connectivity index (χ0n) is 23.9. The number of para-hydroxylation sites is 1. The lowest BCUT2D eigenvalue weighted by Gasteiger charge is -2.11. The topological polar surface area (TPSA) is 66.3 Å². The molecule has 0 aliphatic rings. The Labute approximate surface area is 256 Å². The fourth-order valence-corrected chi connectivity index (χ4v) is 7.03. The molecule has 0 atom stereocenters. The monoisotopic (exact) mass is 577 g/mol. The Morgan fingerprint density at radius 1 is 0.356 bits per heavy atom. The Balaban J connectivity index is 1.24. The predicted molar refractivity (Wildman–Crippen MR) is 181 cm³/mol. The molecule has 0 saturated carbocycles. The molecule has 0 radical (unpaired) electrons. The van der Waals surface area contributed by atoms with Gasteiger partial charge in [0.2, 0.25) is 0 Å². The second kappa shape index (κ2) is 9.08. The summed E-state index contributed by atoms with van der Waals surface area (Å²) in [5, 5.41) is 3.32. The van der Waals surface area contributed by atoms with Gasteiger partial charge in [0.05, 0.1) is 61.5 Å². The van der Waals surface area contributed by atoms with E-state index in [0.717, 1.165) is 82.9 Å². The minimum Gasteiger partial charge on any atom is -0.308 e. The van der Waals surface area contributed by atoms with Gasteiger partial charge in [-0.25, -0.2) is 0 Å². The molecule has 0 N–H and O–H groups in total. The summed E-state index contributed by atoms with van der Waals surface area (Å²) in [6, 6.07) is 38.2. The second-order valence-electron chi connectivity index (χ2n) is 11.3. The van der Waals surface area contributed by atoms with Gasteiger partial charge in [0.25, 0.3) is 0 Å². The Bertz CT molecular complexity index is 2710. The van der Waals surface area contributed by atoms with Crippen molar-refractivity contribution < 1.29 is 0 Å². The first-order valence-electron chi connectivity index (χ1n) is 14.9. The summed E-state index contributed by atoms with van der Waals surface area (Å²) in [5.74, 6) is 0. The fourth-order valence-electron chi connectivity index (χ4n) is 7.03. The zero-order chi connectivity index (χ0) is 29.5. The van der Waals surface area contributed by atoms with E-state index in [1.54, 1.807) is 6.20 Å². The molecule has 45 heavy (non-hydrogen) atoms. The summed E-state index contributed by atoms with van der Waals surface area (Å²) in [5.41, 5.74) is 12.5. The highest BCUT2D eigenvalue weighted by Gasteiger charge is 2.19. The lowest BCUT2D eigenvalue weighted by Crippen LogP contribution is -1.97. The van der Waals surface area contributed by atoms with Crippen LogP contribution in [-0.4, -0.2) is 33.6 Å². The summed E-state index contributed by atoms with van der Waals surface area (Å²) >= 11 is 0. The molecule has 7 heteroatoms. The van der Waals surface area contributed by atoms with Crippen LogP contribution in [0.4, 0.5) is 0 Å². The van der Waals surface area contributed by atoms with Crippen LogP contribution in [0.2, 0.25) is 0 Å². The number of hydrogen-bond donors (Lipinski definition) is 0. The van der Waals surface area contributed by atoms with Crippen LogP contribution in [0.5, 0.6) is 0 Å². The molecule has 7 nitrogen and oxygen atoms in total. The minimum absolute atomic E-state index is 0.958. The smallest absolute Gasteiger partial charge is 0.0964 e. The Morgan fingerprint density at radius 3 is 1.38 bits per heavy atom. The van der Waals surface area contributed by atoms with Crippen LogP contribution in [0.1, 0.15) is 0 Å². The molecule has 0 aliphatic carbocycles. The normalized spacial score (nSPS) is 12.0. The van der Waals surface area contributed by atoms with Gasteiger partial charge in [-0.2, -0.15) is 0 Å². The van der Waals surface area contributed by atoms with E-state index < -0.39 is 0 Å². The van der Waals surface area contributed by atoms with Gasteiger partial charge in [-0.15, -0.1) is 0 Å². The molecule has 210 valence electrons. The first-order valence-corrected chi connectivity index (χ1v) is 14.9. The standard InChI is InChI=1S/C38H23N7/c1-2-9-30-27(8-1)36-33(10-4-18-40-36)43(30)24-13-15-31-28(21-24)37-34(11-5-19-41-37)44(31)25-14-16-32-29(22-25)38-35(12-6-20-42-38)45(32)26-7-3-17-39-23-26/h1-23H. The van der Waals surface area contributed by atoms with Crippen molar-refractivity contribution in [3.8, 4) is 17.1 Å². The Hall–Kier alpha value is -6.34.